The molecule has 0 heterocycles. The summed E-state index contributed by atoms with van der Waals surface area (Å²) in [7, 11) is 0. The van der Waals surface area contributed by atoms with E-state index in [0.29, 0.717) is 0 Å². The highest BCUT2D eigenvalue weighted by atomic mass is 16.6. The molecule has 0 aromatic heterocycles. The highest BCUT2D eigenvalue weighted by Gasteiger charge is 2.08. The second-order valence-corrected chi connectivity index (χ2v) is 2.04. The van der Waals surface area contributed by atoms with E-state index in [-0.39, 0.29) is 17.1 Å². The Morgan fingerprint density at radius 3 is 2.75 bits per heavy atom. The molecule has 1 aromatic carbocycles. The molecule has 0 bridgehead atoms. The predicted molar refractivity (Wildman–Crippen MR) is 41.0 cm³/mol. The standard InChI is InChI=1S/C7H4N2O3/c1-8-6-4-5(9(11)12)2-3-7(6)10/h2-4,10H. The molecule has 0 saturated carbocycles. The molecule has 0 aliphatic heterocycles. The van der Waals surface area contributed by atoms with Crippen molar-refractivity contribution in [1.82, 2.24) is 0 Å². The zero-order valence-corrected chi connectivity index (χ0v) is 5.89. The van der Waals surface area contributed by atoms with Crippen molar-refractivity contribution in [2.75, 3.05) is 0 Å². The second kappa shape index (κ2) is 2.88. The molecule has 0 spiro atoms. The van der Waals surface area contributed by atoms with Crippen LogP contribution in [0.3, 0.4) is 0 Å². The van der Waals surface area contributed by atoms with E-state index in [1.165, 1.54) is 0 Å². The van der Waals surface area contributed by atoms with E-state index in [9.17, 15) is 10.1 Å². The Labute approximate surface area is 67.8 Å². The molecule has 0 fully saturated rings. The van der Waals surface area contributed by atoms with Gasteiger partial charge in [-0.15, -0.1) is 0 Å². The quantitative estimate of drug-likeness (QED) is 0.391. The summed E-state index contributed by atoms with van der Waals surface area (Å²) in [6.45, 7) is 6.56. The minimum atomic E-state index is -0.617. The summed E-state index contributed by atoms with van der Waals surface area (Å²) in [5.41, 5.74) is -0.303. The fraction of sp³-hybridized carbons (Fsp3) is 0. The molecule has 0 atom stereocenters. The predicted octanol–water partition coefficient (Wildman–Crippen LogP) is 1.85. The number of non-ortho nitro benzene ring substituents is 1. The summed E-state index contributed by atoms with van der Waals surface area (Å²) in [5.74, 6) is -0.240. The lowest BCUT2D eigenvalue weighted by Crippen LogP contribution is -1.85. The number of phenolic OH excluding ortho intramolecular Hbond substituents is 1. The summed E-state index contributed by atoms with van der Waals surface area (Å²) in [6, 6.07) is 3.30. The van der Waals surface area contributed by atoms with Crippen LogP contribution in [0.4, 0.5) is 11.4 Å². The summed E-state index contributed by atoms with van der Waals surface area (Å²) in [6.07, 6.45) is 0. The van der Waals surface area contributed by atoms with Crippen LogP contribution in [0.5, 0.6) is 5.75 Å². The summed E-state index contributed by atoms with van der Waals surface area (Å²) < 4.78 is 0. The fourth-order valence-corrected chi connectivity index (χ4v) is 0.715. The second-order valence-electron chi connectivity index (χ2n) is 2.04. The molecule has 12 heavy (non-hydrogen) atoms. The number of hydrogen-bond acceptors (Lipinski definition) is 3. The molecule has 0 radical (unpaired) electrons. The van der Waals surface area contributed by atoms with Gasteiger partial charge in [0.2, 0.25) is 5.69 Å². The van der Waals surface area contributed by atoms with Crippen molar-refractivity contribution < 1.29 is 10.0 Å². The first-order valence-corrected chi connectivity index (χ1v) is 3.00. The molecule has 0 amide bonds. The van der Waals surface area contributed by atoms with Gasteiger partial charge >= 0.3 is 0 Å². The molecule has 1 aromatic rings. The normalized spacial score (nSPS) is 8.92. The van der Waals surface area contributed by atoms with Crippen molar-refractivity contribution >= 4 is 11.4 Å². The minimum Gasteiger partial charge on any atom is -0.519 e. The largest absolute Gasteiger partial charge is 0.519 e. The Morgan fingerprint density at radius 1 is 1.58 bits per heavy atom. The van der Waals surface area contributed by atoms with Crippen molar-refractivity contribution in [3.63, 3.8) is 0 Å². The molecule has 1 N–H and O–H groups in total. The highest BCUT2D eigenvalue weighted by Crippen LogP contribution is 2.29. The van der Waals surface area contributed by atoms with Gasteiger partial charge in [0.05, 0.1) is 11.5 Å². The molecule has 0 aliphatic rings. The Bertz CT molecular complexity index is 367. The lowest BCUT2D eigenvalue weighted by atomic mass is 10.2. The van der Waals surface area contributed by atoms with Crippen molar-refractivity contribution in [3.8, 4) is 5.75 Å². The molecule has 0 aliphatic carbocycles. The first-order chi connectivity index (χ1) is 5.65. The van der Waals surface area contributed by atoms with Crippen LogP contribution in [0.25, 0.3) is 4.85 Å². The average Bonchev–Trinajstić information content (AvgIpc) is 2.05. The van der Waals surface area contributed by atoms with Crippen LogP contribution >= 0.6 is 0 Å². The van der Waals surface area contributed by atoms with Gasteiger partial charge in [-0.1, -0.05) is 0 Å². The average molecular weight is 164 g/mol. The van der Waals surface area contributed by atoms with Gasteiger partial charge in [0.1, 0.15) is 5.75 Å². The van der Waals surface area contributed by atoms with Crippen molar-refractivity contribution in [1.29, 1.82) is 0 Å². The highest BCUT2D eigenvalue weighted by molar-refractivity contribution is 5.61. The topological polar surface area (TPSA) is 67.7 Å². The zero-order valence-electron chi connectivity index (χ0n) is 5.89. The molecular formula is C7H4N2O3. The van der Waals surface area contributed by atoms with Crippen LogP contribution < -0.4 is 0 Å². The van der Waals surface area contributed by atoms with Gasteiger partial charge in [-0.05, 0) is 6.07 Å². The molecule has 60 valence electrons. The van der Waals surface area contributed by atoms with Gasteiger partial charge in [-0.3, -0.25) is 10.1 Å². The van der Waals surface area contributed by atoms with E-state index in [4.69, 9.17) is 11.7 Å². The fourth-order valence-electron chi connectivity index (χ4n) is 0.715. The smallest absolute Gasteiger partial charge is 0.259 e. The van der Waals surface area contributed by atoms with E-state index >= 15 is 0 Å². The Balaban J connectivity index is 3.25. The van der Waals surface area contributed by atoms with Crippen LogP contribution in [-0.4, -0.2) is 10.0 Å². The van der Waals surface area contributed by atoms with Gasteiger partial charge in [0, 0.05) is 12.1 Å². The van der Waals surface area contributed by atoms with Gasteiger partial charge in [-0.2, -0.15) is 0 Å². The molecule has 5 nitrogen and oxygen atoms in total. The maximum Gasteiger partial charge on any atom is 0.259 e. The Hall–Kier alpha value is -2.09. The van der Waals surface area contributed by atoms with E-state index in [1.807, 2.05) is 0 Å². The van der Waals surface area contributed by atoms with Gasteiger partial charge < -0.3 is 5.11 Å². The molecular weight excluding hydrogens is 160 g/mol. The van der Waals surface area contributed by atoms with Gasteiger partial charge in [0.15, 0.2) is 0 Å². The number of aromatic hydroxyl groups is 1. The third-order valence-corrected chi connectivity index (χ3v) is 1.29. The van der Waals surface area contributed by atoms with Gasteiger partial charge in [-0.25, -0.2) is 4.85 Å². The monoisotopic (exact) mass is 164 g/mol. The van der Waals surface area contributed by atoms with E-state index < -0.39 is 4.92 Å². The maximum absolute atomic E-state index is 10.2. The van der Waals surface area contributed by atoms with Crippen molar-refractivity contribution in [3.05, 3.63) is 39.7 Å². The van der Waals surface area contributed by atoms with E-state index in [1.54, 1.807) is 0 Å². The first-order valence-electron chi connectivity index (χ1n) is 3.00. The lowest BCUT2D eigenvalue weighted by molar-refractivity contribution is -0.384. The lowest BCUT2D eigenvalue weighted by Gasteiger charge is -1.94. The number of nitro benzene ring substituents is 1. The molecule has 1 rings (SSSR count). The molecule has 5 heteroatoms. The van der Waals surface area contributed by atoms with Crippen LogP contribution in [0.1, 0.15) is 0 Å². The third kappa shape index (κ3) is 1.32. The van der Waals surface area contributed by atoms with Gasteiger partial charge in [0.25, 0.3) is 5.69 Å². The number of phenols is 1. The van der Waals surface area contributed by atoms with Crippen LogP contribution in [0.2, 0.25) is 0 Å². The number of rotatable bonds is 1. The molecule has 0 saturated heterocycles. The number of hydrogen-bond donors (Lipinski definition) is 1. The number of benzene rings is 1. The van der Waals surface area contributed by atoms with Crippen molar-refractivity contribution in [2.24, 2.45) is 0 Å². The van der Waals surface area contributed by atoms with Crippen LogP contribution in [0, 0.1) is 16.7 Å². The number of nitro groups is 1. The summed E-state index contributed by atoms with van der Waals surface area (Å²) >= 11 is 0. The SMILES string of the molecule is [C-]#[N+]c1cc([N+](=O)[O-])ccc1O. The van der Waals surface area contributed by atoms with Crippen molar-refractivity contribution in [2.45, 2.75) is 0 Å². The molecule has 0 unspecified atom stereocenters. The number of nitrogens with zero attached hydrogens (tertiary/aromatic N) is 2. The zero-order chi connectivity index (χ0) is 9.14. The first kappa shape index (κ1) is 8.01. The van der Waals surface area contributed by atoms with E-state index in [2.05, 4.69) is 4.85 Å². The maximum atomic E-state index is 10.2. The van der Waals surface area contributed by atoms with E-state index in [0.717, 1.165) is 18.2 Å². The Kier molecular flexibility index (Phi) is 1.92. The van der Waals surface area contributed by atoms with Crippen LogP contribution in [-0.2, 0) is 0 Å². The summed E-state index contributed by atoms with van der Waals surface area (Å²) in [5, 5.41) is 19.2. The Morgan fingerprint density at radius 2 is 2.25 bits per heavy atom. The van der Waals surface area contributed by atoms with Crippen LogP contribution in [0.15, 0.2) is 18.2 Å². The third-order valence-electron chi connectivity index (χ3n) is 1.29. The summed E-state index contributed by atoms with van der Waals surface area (Å²) in [4.78, 5) is 12.5. The minimum absolute atomic E-state index is 0.107.